The lowest BCUT2D eigenvalue weighted by atomic mass is 10.2. The van der Waals surface area contributed by atoms with Crippen LogP contribution in [0.4, 0.5) is 5.82 Å². The van der Waals surface area contributed by atoms with Gasteiger partial charge in [-0.25, -0.2) is 9.97 Å². The van der Waals surface area contributed by atoms with Crippen molar-refractivity contribution >= 4 is 35.6 Å². The molecule has 1 aliphatic rings. The molecule has 0 aliphatic carbocycles. The van der Waals surface area contributed by atoms with Gasteiger partial charge < -0.3 is 20.2 Å². The van der Waals surface area contributed by atoms with Crippen LogP contribution in [0, 0.1) is 5.41 Å². The number of imidazole rings is 1. The van der Waals surface area contributed by atoms with Crippen molar-refractivity contribution in [2.24, 2.45) is 0 Å². The van der Waals surface area contributed by atoms with Crippen molar-refractivity contribution in [2.45, 2.75) is 6.92 Å². The third-order valence-corrected chi connectivity index (χ3v) is 4.33. The summed E-state index contributed by atoms with van der Waals surface area (Å²) in [5, 5.41) is 7.41. The van der Waals surface area contributed by atoms with Crippen LogP contribution in [0.3, 0.4) is 0 Å². The minimum atomic E-state index is 0.114. The molecule has 1 saturated heterocycles. The number of aromatic nitrogens is 3. The van der Waals surface area contributed by atoms with Crippen molar-refractivity contribution in [1.29, 1.82) is 5.41 Å². The minimum absolute atomic E-state index is 0.114. The molecule has 0 spiro atoms. The molecule has 0 radical (unpaired) electrons. The van der Waals surface area contributed by atoms with Crippen molar-refractivity contribution in [2.75, 3.05) is 31.1 Å². The number of piperazine rings is 1. The molecule has 1 fully saturated rings. The first kappa shape index (κ1) is 17.2. The van der Waals surface area contributed by atoms with Gasteiger partial charge in [0.2, 0.25) is 5.91 Å². The fourth-order valence-corrected chi connectivity index (χ4v) is 2.84. The van der Waals surface area contributed by atoms with E-state index in [1.165, 1.54) is 0 Å². The predicted molar refractivity (Wildman–Crippen MR) is 98.9 cm³/mol. The van der Waals surface area contributed by atoms with E-state index >= 15 is 0 Å². The highest BCUT2D eigenvalue weighted by molar-refractivity contribution is 6.40. The number of hydrogen-bond acceptors (Lipinski definition) is 5. The van der Waals surface area contributed by atoms with E-state index in [1.807, 2.05) is 17.0 Å². The number of allylic oxidation sites excluding steroid dienone is 1. The molecule has 0 unspecified atom stereocenters. The number of pyridine rings is 1. The third-order valence-electron chi connectivity index (χ3n) is 4.11. The maximum absolute atomic E-state index is 11.4. The molecular formula is C17H19ClN6O. The average Bonchev–Trinajstić information content (AvgIpc) is 3.10. The zero-order valence-electron chi connectivity index (χ0n) is 13.9. The topological polar surface area (TPSA) is 89.0 Å². The molecule has 7 nitrogen and oxygen atoms in total. The first-order valence-electron chi connectivity index (χ1n) is 7.96. The molecular weight excluding hydrogens is 340 g/mol. The number of rotatable bonds is 4. The van der Waals surface area contributed by atoms with Crippen LogP contribution in [0.25, 0.3) is 17.3 Å². The smallest absolute Gasteiger partial charge is 0.219 e. The number of anilines is 1. The second kappa shape index (κ2) is 7.48. The van der Waals surface area contributed by atoms with Crippen molar-refractivity contribution in [3.63, 3.8) is 0 Å². The van der Waals surface area contributed by atoms with Gasteiger partial charge in [-0.2, -0.15) is 0 Å². The zero-order chi connectivity index (χ0) is 17.8. The van der Waals surface area contributed by atoms with Gasteiger partial charge in [-0.05, 0) is 12.1 Å². The monoisotopic (exact) mass is 358 g/mol. The van der Waals surface area contributed by atoms with Crippen molar-refractivity contribution < 1.29 is 4.79 Å². The van der Waals surface area contributed by atoms with E-state index in [0.717, 1.165) is 36.4 Å². The Morgan fingerprint density at radius 1 is 1.32 bits per heavy atom. The van der Waals surface area contributed by atoms with Gasteiger partial charge in [0.1, 0.15) is 11.6 Å². The molecule has 25 heavy (non-hydrogen) atoms. The van der Waals surface area contributed by atoms with Gasteiger partial charge in [0.25, 0.3) is 0 Å². The van der Waals surface area contributed by atoms with Gasteiger partial charge in [0.15, 0.2) is 0 Å². The van der Waals surface area contributed by atoms with Gasteiger partial charge in [-0.3, -0.25) is 4.79 Å². The number of hydrogen-bond donors (Lipinski definition) is 2. The zero-order valence-corrected chi connectivity index (χ0v) is 14.6. The van der Waals surface area contributed by atoms with E-state index < -0.39 is 0 Å². The second-order valence-electron chi connectivity index (χ2n) is 5.75. The Labute approximate surface area is 150 Å². The molecule has 0 atom stereocenters. The molecule has 1 aliphatic heterocycles. The van der Waals surface area contributed by atoms with Crippen molar-refractivity contribution in [3.05, 3.63) is 35.4 Å². The fraction of sp³-hybridized carbons (Fsp3) is 0.294. The Morgan fingerprint density at radius 3 is 2.76 bits per heavy atom. The average molecular weight is 359 g/mol. The van der Waals surface area contributed by atoms with Crippen LogP contribution in [-0.2, 0) is 4.79 Å². The quantitative estimate of drug-likeness (QED) is 0.821. The summed E-state index contributed by atoms with van der Waals surface area (Å²) < 4.78 is 0. The summed E-state index contributed by atoms with van der Waals surface area (Å²) in [5.41, 5.74) is 1.82. The first-order valence-corrected chi connectivity index (χ1v) is 8.34. The van der Waals surface area contributed by atoms with Gasteiger partial charge >= 0.3 is 0 Å². The molecule has 0 saturated carbocycles. The summed E-state index contributed by atoms with van der Waals surface area (Å²) in [6.07, 6.45) is 6.16. The number of amides is 1. The molecule has 0 bridgehead atoms. The first-order chi connectivity index (χ1) is 12.1. The third kappa shape index (κ3) is 4.06. The molecule has 8 heteroatoms. The number of carbonyl (C=O) groups excluding carboxylic acids is 1. The van der Waals surface area contributed by atoms with E-state index in [4.69, 9.17) is 17.0 Å². The normalized spacial score (nSPS) is 15.4. The van der Waals surface area contributed by atoms with E-state index in [0.29, 0.717) is 23.9 Å². The highest BCUT2D eigenvalue weighted by atomic mass is 35.5. The molecule has 2 aromatic heterocycles. The lowest BCUT2D eigenvalue weighted by molar-refractivity contribution is -0.129. The Kier molecular flexibility index (Phi) is 5.14. The lowest BCUT2D eigenvalue weighted by Crippen LogP contribution is -2.48. The number of aromatic amines is 1. The number of carbonyl (C=O) groups is 1. The summed E-state index contributed by atoms with van der Waals surface area (Å²) in [6, 6.07) is 3.91. The lowest BCUT2D eigenvalue weighted by Gasteiger charge is -2.35. The maximum atomic E-state index is 11.4. The van der Waals surface area contributed by atoms with Crippen LogP contribution in [0.2, 0.25) is 0 Å². The van der Waals surface area contributed by atoms with Crippen LogP contribution in [0.5, 0.6) is 0 Å². The molecule has 1 amide bonds. The van der Waals surface area contributed by atoms with Gasteiger partial charge in [0.05, 0.1) is 16.9 Å². The molecule has 130 valence electrons. The minimum Gasteiger partial charge on any atom is -0.353 e. The molecule has 3 heterocycles. The Balaban J connectivity index is 1.76. The van der Waals surface area contributed by atoms with Crippen molar-refractivity contribution in [3.8, 4) is 11.3 Å². The SMILES string of the molecule is CC(=O)N1CCN(c2cc(-c3cnc(/C=C(/Cl)C=N)[nH]3)ccn2)CC1. The summed E-state index contributed by atoms with van der Waals surface area (Å²) in [6.45, 7) is 4.55. The summed E-state index contributed by atoms with van der Waals surface area (Å²) in [4.78, 5) is 27.3. The van der Waals surface area contributed by atoms with Crippen molar-refractivity contribution in [1.82, 2.24) is 19.9 Å². The summed E-state index contributed by atoms with van der Waals surface area (Å²) >= 11 is 5.83. The predicted octanol–water partition coefficient (Wildman–Crippen LogP) is 2.37. The number of nitrogens with zero attached hydrogens (tertiary/aromatic N) is 4. The summed E-state index contributed by atoms with van der Waals surface area (Å²) in [5.74, 6) is 1.59. The van der Waals surface area contributed by atoms with E-state index in [2.05, 4.69) is 19.9 Å². The van der Waals surface area contributed by atoms with Crippen LogP contribution in [0.1, 0.15) is 12.7 Å². The highest BCUT2D eigenvalue weighted by Crippen LogP contribution is 2.23. The van der Waals surface area contributed by atoms with Gasteiger partial charge in [-0.1, -0.05) is 11.6 Å². The number of H-pyrrole nitrogens is 1. The molecule has 3 rings (SSSR count). The summed E-state index contributed by atoms with van der Waals surface area (Å²) in [7, 11) is 0. The van der Waals surface area contributed by atoms with E-state index in [1.54, 1.807) is 25.4 Å². The fourth-order valence-electron chi connectivity index (χ4n) is 2.74. The Bertz CT molecular complexity index is 807. The van der Waals surface area contributed by atoms with Gasteiger partial charge in [-0.15, -0.1) is 0 Å². The van der Waals surface area contributed by atoms with E-state index in [9.17, 15) is 4.79 Å². The molecule has 2 aromatic rings. The maximum Gasteiger partial charge on any atom is 0.219 e. The highest BCUT2D eigenvalue weighted by Gasteiger charge is 2.19. The molecule has 2 N–H and O–H groups in total. The largest absolute Gasteiger partial charge is 0.353 e. The van der Waals surface area contributed by atoms with Gasteiger partial charge in [0, 0.05) is 57.2 Å². The number of nitrogens with one attached hydrogen (secondary N) is 2. The van der Waals surface area contributed by atoms with Crippen LogP contribution >= 0.6 is 11.6 Å². The Morgan fingerprint density at radius 2 is 2.08 bits per heavy atom. The van der Waals surface area contributed by atoms with Crippen LogP contribution in [0.15, 0.2) is 29.6 Å². The molecule has 0 aromatic carbocycles. The van der Waals surface area contributed by atoms with Crippen LogP contribution in [-0.4, -0.2) is 58.2 Å². The number of halogens is 1. The van der Waals surface area contributed by atoms with Crippen LogP contribution < -0.4 is 4.90 Å². The standard InChI is InChI=1S/C17H19ClN6O/c1-12(25)23-4-6-24(7-5-23)17-8-13(2-3-20-17)15-11-21-16(22-15)9-14(18)10-19/h2-3,8-11,19H,4-7H2,1H3,(H,21,22)/b14-9+,19-10?. The van der Waals surface area contributed by atoms with E-state index in [-0.39, 0.29) is 5.91 Å². The Hall–Kier alpha value is -2.67. The second-order valence-corrected chi connectivity index (χ2v) is 6.19.